The Bertz CT molecular complexity index is 746. The average Bonchev–Trinajstić information content (AvgIpc) is 2.70. The highest BCUT2D eigenvalue weighted by atomic mass is 35.5. The highest BCUT2D eigenvalue weighted by Gasteiger charge is 2.24. The standard InChI is InChI=1S/C20H24ClN3O3/c1-26-19-5-3-2-4-18(19)22-20(25)24-12-10-23(11-13-24)14-15-27-17-8-6-16(21)7-9-17/h2-9H,10-15H2,1H3,(H,22,25)/p+1. The first-order valence-corrected chi connectivity index (χ1v) is 9.44. The summed E-state index contributed by atoms with van der Waals surface area (Å²) in [5.74, 6) is 1.49. The lowest BCUT2D eigenvalue weighted by Gasteiger charge is -2.32. The fourth-order valence-corrected chi connectivity index (χ4v) is 3.19. The Labute approximate surface area is 164 Å². The molecule has 2 N–H and O–H groups in total. The minimum absolute atomic E-state index is 0.0871. The lowest BCUT2D eigenvalue weighted by atomic mass is 10.3. The normalized spacial score (nSPS) is 14.7. The molecule has 2 aromatic carbocycles. The number of para-hydroxylation sites is 2. The number of ether oxygens (including phenoxy) is 2. The SMILES string of the molecule is COc1ccccc1NC(=O)N1CC[NH+](CCOc2ccc(Cl)cc2)CC1. The van der Waals surface area contributed by atoms with Crippen molar-refractivity contribution in [2.45, 2.75) is 0 Å². The Morgan fingerprint density at radius 2 is 1.85 bits per heavy atom. The number of benzene rings is 2. The number of urea groups is 1. The molecule has 0 bridgehead atoms. The van der Waals surface area contributed by atoms with E-state index in [4.69, 9.17) is 21.1 Å². The lowest BCUT2D eigenvalue weighted by Crippen LogP contribution is -3.15. The van der Waals surface area contributed by atoms with E-state index in [1.807, 2.05) is 53.4 Å². The second-order valence-corrected chi connectivity index (χ2v) is 6.86. The van der Waals surface area contributed by atoms with Crippen LogP contribution in [-0.4, -0.2) is 57.4 Å². The monoisotopic (exact) mass is 390 g/mol. The Hall–Kier alpha value is -2.44. The maximum absolute atomic E-state index is 12.5. The van der Waals surface area contributed by atoms with Crippen LogP contribution in [0.15, 0.2) is 48.5 Å². The first-order chi connectivity index (χ1) is 13.2. The Morgan fingerprint density at radius 1 is 1.15 bits per heavy atom. The first-order valence-electron chi connectivity index (χ1n) is 9.06. The van der Waals surface area contributed by atoms with Gasteiger partial charge in [-0.25, -0.2) is 4.79 Å². The molecular formula is C20H25ClN3O3+. The van der Waals surface area contributed by atoms with Crippen LogP contribution < -0.4 is 19.7 Å². The van der Waals surface area contributed by atoms with Crippen molar-refractivity contribution in [3.63, 3.8) is 0 Å². The lowest BCUT2D eigenvalue weighted by molar-refractivity contribution is -0.903. The minimum atomic E-state index is -0.0871. The highest BCUT2D eigenvalue weighted by Crippen LogP contribution is 2.23. The molecule has 1 fully saturated rings. The van der Waals surface area contributed by atoms with Crippen molar-refractivity contribution in [1.82, 2.24) is 4.90 Å². The third kappa shape index (κ3) is 5.52. The molecule has 2 amide bonds. The van der Waals surface area contributed by atoms with Crippen molar-refractivity contribution < 1.29 is 19.2 Å². The van der Waals surface area contributed by atoms with Gasteiger partial charge in [-0.15, -0.1) is 0 Å². The predicted molar refractivity (Wildman–Crippen MR) is 106 cm³/mol. The van der Waals surface area contributed by atoms with Crippen molar-refractivity contribution in [3.8, 4) is 11.5 Å². The van der Waals surface area contributed by atoms with Gasteiger partial charge in [-0.1, -0.05) is 23.7 Å². The molecule has 3 rings (SSSR count). The van der Waals surface area contributed by atoms with E-state index in [1.54, 1.807) is 7.11 Å². The molecule has 1 heterocycles. The third-order valence-corrected chi connectivity index (χ3v) is 4.90. The number of amides is 2. The molecule has 0 aromatic heterocycles. The topological polar surface area (TPSA) is 55.2 Å². The zero-order valence-corrected chi connectivity index (χ0v) is 16.2. The fourth-order valence-electron chi connectivity index (χ4n) is 3.06. The maximum atomic E-state index is 12.5. The summed E-state index contributed by atoms with van der Waals surface area (Å²) in [6, 6.07) is 14.7. The molecule has 6 nitrogen and oxygen atoms in total. The van der Waals surface area contributed by atoms with E-state index in [9.17, 15) is 4.79 Å². The van der Waals surface area contributed by atoms with Crippen LogP contribution >= 0.6 is 11.6 Å². The third-order valence-electron chi connectivity index (χ3n) is 4.64. The van der Waals surface area contributed by atoms with Crippen LogP contribution in [0, 0.1) is 0 Å². The van der Waals surface area contributed by atoms with Crippen molar-refractivity contribution in [1.29, 1.82) is 0 Å². The van der Waals surface area contributed by atoms with Crippen molar-refractivity contribution >= 4 is 23.3 Å². The van der Waals surface area contributed by atoms with Gasteiger partial charge < -0.3 is 24.6 Å². The largest absolute Gasteiger partial charge is 0.495 e. The predicted octanol–water partition coefficient (Wildman–Crippen LogP) is 2.16. The van der Waals surface area contributed by atoms with Gasteiger partial charge in [-0.05, 0) is 36.4 Å². The molecule has 1 aliphatic heterocycles. The van der Waals surface area contributed by atoms with Crippen molar-refractivity contribution in [2.24, 2.45) is 0 Å². The minimum Gasteiger partial charge on any atom is -0.495 e. The van der Waals surface area contributed by atoms with Gasteiger partial charge in [0.1, 0.15) is 24.7 Å². The zero-order chi connectivity index (χ0) is 19.1. The number of hydrogen-bond donors (Lipinski definition) is 2. The maximum Gasteiger partial charge on any atom is 0.322 e. The summed E-state index contributed by atoms with van der Waals surface area (Å²) < 4.78 is 11.0. The Balaban J connectivity index is 1.40. The van der Waals surface area contributed by atoms with E-state index < -0.39 is 0 Å². The number of carbonyl (C=O) groups excluding carboxylic acids is 1. The zero-order valence-electron chi connectivity index (χ0n) is 15.4. The summed E-state index contributed by atoms with van der Waals surface area (Å²) in [4.78, 5) is 15.8. The van der Waals surface area contributed by atoms with Crippen molar-refractivity contribution in [2.75, 3.05) is 51.8 Å². The summed E-state index contributed by atoms with van der Waals surface area (Å²) >= 11 is 5.87. The number of quaternary nitrogens is 1. The molecule has 144 valence electrons. The van der Waals surface area contributed by atoms with Gasteiger partial charge in [0.25, 0.3) is 0 Å². The second kappa shape index (κ2) is 9.48. The summed E-state index contributed by atoms with van der Waals surface area (Å²) in [6.07, 6.45) is 0. The molecule has 1 aliphatic rings. The highest BCUT2D eigenvalue weighted by molar-refractivity contribution is 6.30. The number of halogens is 1. The summed E-state index contributed by atoms with van der Waals surface area (Å²) in [7, 11) is 1.60. The number of piperazine rings is 1. The van der Waals surface area contributed by atoms with E-state index in [-0.39, 0.29) is 6.03 Å². The molecule has 0 unspecified atom stereocenters. The van der Waals surface area contributed by atoms with Crippen LogP contribution in [0.3, 0.4) is 0 Å². The average molecular weight is 391 g/mol. The molecule has 27 heavy (non-hydrogen) atoms. The van der Waals surface area contributed by atoms with Gasteiger partial charge in [-0.3, -0.25) is 0 Å². The van der Waals surface area contributed by atoms with Gasteiger partial charge in [0.05, 0.1) is 39.0 Å². The molecule has 0 aliphatic carbocycles. The van der Waals surface area contributed by atoms with Crippen molar-refractivity contribution in [3.05, 3.63) is 53.6 Å². The molecule has 2 aromatic rings. The van der Waals surface area contributed by atoms with Gasteiger partial charge in [0.15, 0.2) is 0 Å². The van der Waals surface area contributed by atoms with Crippen LogP contribution in [0.25, 0.3) is 0 Å². The summed E-state index contributed by atoms with van der Waals surface area (Å²) in [6.45, 7) is 4.80. The fraction of sp³-hybridized carbons (Fsp3) is 0.350. The Morgan fingerprint density at radius 3 is 2.56 bits per heavy atom. The van der Waals surface area contributed by atoms with E-state index in [0.717, 1.165) is 38.5 Å². The summed E-state index contributed by atoms with van der Waals surface area (Å²) in [5.41, 5.74) is 0.691. The first kappa shape index (κ1) is 19.3. The number of carbonyl (C=O) groups is 1. The molecule has 0 spiro atoms. The van der Waals surface area contributed by atoms with E-state index in [2.05, 4.69) is 5.32 Å². The van der Waals surface area contributed by atoms with Crippen LogP contribution in [0.4, 0.5) is 10.5 Å². The van der Waals surface area contributed by atoms with Crippen LogP contribution in [0.2, 0.25) is 5.02 Å². The summed E-state index contributed by atoms with van der Waals surface area (Å²) in [5, 5.41) is 3.64. The van der Waals surface area contributed by atoms with E-state index >= 15 is 0 Å². The second-order valence-electron chi connectivity index (χ2n) is 6.42. The molecule has 0 atom stereocenters. The number of nitrogens with zero attached hydrogens (tertiary/aromatic N) is 1. The molecule has 7 heteroatoms. The molecule has 1 saturated heterocycles. The number of hydrogen-bond acceptors (Lipinski definition) is 3. The van der Waals surface area contributed by atoms with Gasteiger partial charge in [-0.2, -0.15) is 0 Å². The van der Waals surface area contributed by atoms with E-state index in [1.165, 1.54) is 4.90 Å². The smallest absolute Gasteiger partial charge is 0.322 e. The molecule has 0 saturated carbocycles. The van der Waals surface area contributed by atoms with Gasteiger partial charge >= 0.3 is 6.03 Å². The van der Waals surface area contributed by atoms with Crippen LogP contribution in [0.1, 0.15) is 0 Å². The van der Waals surface area contributed by atoms with Crippen LogP contribution in [0.5, 0.6) is 11.5 Å². The number of rotatable bonds is 6. The quantitative estimate of drug-likeness (QED) is 0.794. The Kier molecular flexibility index (Phi) is 6.79. The molecule has 0 radical (unpaired) electrons. The number of methoxy groups -OCH3 is 1. The van der Waals surface area contributed by atoms with Gasteiger partial charge in [0.2, 0.25) is 0 Å². The number of nitrogens with one attached hydrogen (secondary N) is 2. The van der Waals surface area contributed by atoms with Gasteiger partial charge in [0, 0.05) is 5.02 Å². The van der Waals surface area contributed by atoms with E-state index in [0.29, 0.717) is 23.1 Å². The van der Waals surface area contributed by atoms with Crippen LogP contribution in [-0.2, 0) is 0 Å². The number of anilines is 1. The molecular weight excluding hydrogens is 366 g/mol.